The molecule has 162 valence electrons. The molecule has 4 rings (SSSR count). The quantitative estimate of drug-likeness (QED) is 0.448. The Balaban J connectivity index is 1.60. The molecule has 0 spiro atoms. The van der Waals surface area contributed by atoms with Gasteiger partial charge in [-0.25, -0.2) is 9.07 Å². The molecule has 0 radical (unpaired) electrons. The first-order valence-electron chi connectivity index (χ1n) is 10.3. The Morgan fingerprint density at radius 2 is 1.75 bits per heavy atom. The van der Waals surface area contributed by atoms with Crippen molar-refractivity contribution in [3.8, 4) is 23.1 Å². The molecule has 1 heterocycles. The SMILES string of the molecule is CCOc1nc(-c2ccc(C)cc2)n(-c2ccc(NC(=O)c3ccc(F)c(C)c3)cc2)n1. The van der Waals surface area contributed by atoms with Crippen molar-refractivity contribution in [2.24, 2.45) is 0 Å². The predicted octanol–water partition coefficient (Wildman–Crippen LogP) is 5.34. The lowest BCUT2D eigenvalue weighted by atomic mass is 10.1. The molecule has 3 aromatic carbocycles. The number of aromatic nitrogens is 3. The van der Waals surface area contributed by atoms with Gasteiger partial charge in [0.1, 0.15) is 5.82 Å². The first-order chi connectivity index (χ1) is 15.4. The van der Waals surface area contributed by atoms with Gasteiger partial charge in [-0.15, -0.1) is 5.10 Å². The molecule has 0 atom stereocenters. The number of hydrogen-bond acceptors (Lipinski definition) is 4. The van der Waals surface area contributed by atoms with E-state index in [2.05, 4.69) is 15.4 Å². The van der Waals surface area contributed by atoms with E-state index in [0.717, 1.165) is 16.8 Å². The maximum Gasteiger partial charge on any atom is 0.336 e. The Bertz CT molecular complexity index is 1250. The van der Waals surface area contributed by atoms with Gasteiger partial charge >= 0.3 is 6.01 Å². The van der Waals surface area contributed by atoms with E-state index in [-0.39, 0.29) is 11.7 Å². The molecule has 0 fully saturated rings. The van der Waals surface area contributed by atoms with Crippen LogP contribution < -0.4 is 10.1 Å². The molecular weight excluding hydrogens is 407 g/mol. The Morgan fingerprint density at radius 1 is 1.03 bits per heavy atom. The summed E-state index contributed by atoms with van der Waals surface area (Å²) in [7, 11) is 0. The van der Waals surface area contributed by atoms with Crippen LogP contribution in [0.2, 0.25) is 0 Å². The van der Waals surface area contributed by atoms with E-state index in [1.54, 1.807) is 23.7 Å². The van der Waals surface area contributed by atoms with Crippen molar-refractivity contribution >= 4 is 11.6 Å². The van der Waals surface area contributed by atoms with Crippen LogP contribution in [-0.2, 0) is 0 Å². The Labute approximate surface area is 185 Å². The molecule has 0 aliphatic heterocycles. The van der Waals surface area contributed by atoms with Crippen LogP contribution in [0.25, 0.3) is 17.1 Å². The van der Waals surface area contributed by atoms with Crippen LogP contribution in [0.15, 0.2) is 66.7 Å². The van der Waals surface area contributed by atoms with E-state index in [4.69, 9.17) is 4.74 Å². The smallest absolute Gasteiger partial charge is 0.336 e. The van der Waals surface area contributed by atoms with Crippen molar-refractivity contribution in [2.75, 3.05) is 11.9 Å². The number of ether oxygens (including phenoxy) is 1. The second-order valence-electron chi connectivity index (χ2n) is 7.39. The minimum absolute atomic E-state index is 0.298. The number of rotatable bonds is 6. The van der Waals surface area contributed by atoms with Gasteiger partial charge in [0.05, 0.1) is 12.3 Å². The van der Waals surface area contributed by atoms with E-state index in [0.29, 0.717) is 35.3 Å². The predicted molar refractivity (Wildman–Crippen MR) is 122 cm³/mol. The van der Waals surface area contributed by atoms with E-state index < -0.39 is 0 Å². The number of anilines is 1. The van der Waals surface area contributed by atoms with Gasteiger partial charge < -0.3 is 10.1 Å². The fourth-order valence-corrected chi connectivity index (χ4v) is 3.23. The molecule has 1 aromatic heterocycles. The van der Waals surface area contributed by atoms with Crippen LogP contribution in [0, 0.1) is 19.7 Å². The second-order valence-corrected chi connectivity index (χ2v) is 7.39. The number of nitrogens with one attached hydrogen (secondary N) is 1. The van der Waals surface area contributed by atoms with Crippen molar-refractivity contribution in [1.29, 1.82) is 0 Å². The summed E-state index contributed by atoms with van der Waals surface area (Å²) >= 11 is 0. The normalized spacial score (nSPS) is 10.8. The highest BCUT2D eigenvalue weighted by molar-refractivity contribution is 6.04. The molecule has 1 amide bonds. The highest BCUT2D eigenvalue weighted by Crippen LogP contribution is 2.25. The maximum atomic E-state index is 13.5. The van der Waals surface area contributed by atoms with Gasteiger partial charge in [-0.05, 0) is 68.8 Å². The van der Waals surface area contributed by atoms with E-state index in [9.17, 15) is 9.18 Å². The number of carbonyl (C=O) groups is 1. The minimum atomic E-state index is -0.338. The Hall–Kier alpha value is -4.00. The lowest BCUT2D eigenvalue weighted by Gasteiger charge is -2.09. The van der Waals surface area contributed by atoms with Gasteiger partial charge in [-0.3, -0.25) is 4.79 Å². The number of nitrogens with zero attached hydrogens (tertiary/aromatic N) is 3. The summed E-state index contributed by atoms with van der Waals surface area (Å²) in [6.07, 6.45) is 0. The van der Waals surface area contributed by atoms with Gasteiger partial charge in [0.25, 0.3) is 5.91 Å². The van der Waals surface area contributed by atoms with E-state index in [1.807, 2.05) is 50.2 Å². The third-order valence-corrected chi connectivity index (χ3v) is 4.96. The number of halogens is 1. The van der Waals surface area contributed by atoms with Gasteiger partial charge in [0, 0.05) is 16.8 Å². The van der Waals surface area contributed by atoms with Gasteiger partial charge in [0.15, 0.2) is 5.82 Å². The van der Waals surface area contributed by atoms with Gasteiger partial charge in [-0.2, -0.15) is 4.98 Å². The molecule has 1 N–H and O–H groups in total. The van der Waals surface area contributed by atoms with Gasteiger partial charge in [0.2, 0.25) is 0 Å². The molecule has 0 aliphatic carbocycles. The standard InChI is InChI=1S/C25H23FN4O2/c1-4-32-25-28-23(18-7-5-16(2)6-8-18)30(29-25)21-12-10-20(11-13-21)27-24(31)19-9-14-22(26)17(3)15-19/h5-15H,4H2,1-3H3,(H,27,31). The molecule has 0 bridgehead atoms. The van der Waals surface area contributed by atoms with Crippen LogP contribution in [-0.4, -0.2) is 27.3 Å². The summed E-state index contributed by atoms with van der Waals surface area (Å²) in [6, 6.07) is 19.8. The molecule has 4 aromatic rings. The summed E-state index contributed by atoms with van der Waals surface area (Å²) < 4.78 is 20.7. The molecule has 0 saturated carbocycles. The first-order valence-corrected chi connectivity index (χ1v) is 10.3. The lowest BCUT2D eigenvalue weighted by molar-refractivity contribution is 0.102. The van der Waals surface area contributed by atoms with Crippen LogP contribution >= 0.6 is 0 Å². The molecule has 0 aliphatic rings. The second kappa shape index (κ2) is 9.01. The first kappa shape index (κ1) is 21.2. The molecule has 0 saturated heterocycles. The fraction of sp³-hybridized carbons (Fsp3) is 0.160. The zero-order valence-corrected chi connectivity index (χ0v) is 18.1. The summed E-state index contributed by atoms with van der Waals surface area (Å²) in [4.78, 5) is 17.0. The number of aryl methyl sites for hydroxylation is 2. The molecule has 6 nitrogen and oxygen atoms in total. The molecular formula is C25H23FN4O2. The van der Waals surface area contributed by atoms with Crippen LogP contribution in [0.1, 0.15) is 28.4 Å². The van der Waals surface area contributed by atoms with Crippen molar-refractivity contribution in [3.63, 3.8) is 0 Å². The van der Waals surface area contributed by atoms with Crippen LogP contribution in [0.4, 0.5) is 10.1 Å². The summed E-state index contributed by atoms with van der Waals surface area (Å²) in [6.45, 7) is 6.00. The largest absolute Gasteiger partial charge is 0.463 e. The zero-order valence-electron chi connectivity index (χ0n) is 18.1. The number of carbonyl (C=O) groups excluding carboxylic acids is 1. The third-order valence-electron chi connectivity index (χ3n) is 4.96. The average molecular weight is 430 g/mol. The molecule has 32 heavy (non-hydrogen) atoms. The van der Waals surface area contributed by atoms with Crippen molar-refractivity contribution in [3.05, 3.63) is 89.2 Å². The van der Waals surface area contributed by atoms with Crippen molar-refractivity contribution in [1.82, 2.24) is 14.8 Å². The third kappa shape index (κ3) is 4.51. The van der Waals surface area contributed by atoms with E-state index >= 15 is 0 Å². The van der Waals surface area contributed by atoms with Crippen molar-refractivity contribution < 1.29 is 13.9 Å². The summed E-state index contributed by atoms with van der Waals surface area (Å²) in [5, 5.41) is 7.32. The van der Waals surface area contributed by atoms with Crippen molar-refractivity contribution in [2.45, 2.75) is 20.8 Å². The summed E-state index contributed by atoms with van der Waals surface area (Å²) in [5.74, 6) is 0.0159. The maximum absolute atomic E-state index is 13.5. The van der Waals surface area contributed by atoms with Crippen LogP contribution in [0.5, 0.6) is 6.01 Å². The monoisotopic (exact) mass is 430 g/mol. The van der Waals surface area contributed by atoms with E-state index in [1.165, 1.54) is 18.2 Å². The lowest BCUT2D eigenvalue weighted by Crippen LogP contribution is -2.12. The topological polar surface area (TPSA) is 69.0 Å². The average Bonchev–Trinajstić information content (AvgIpc) is 3.21. The zero-order chi connectivity index (χ0) is 22.7. The highest BCUT2D eigenvalue weighted by Gasteiger charge is 2.15. The number of amides is 1. The van der Waals surface area contributed by atoms with Gasteiger partial charge in [-0.1, -0.05) is 29.8 Å². The minimum Gasteiger partial charge on any atom is -0.463 e. The number of benzene rings is 3. The number of hydrogen-bond donors (Lipinski definition) is 1. The fourth-order valence-electron chi connectivity index (χ4n) is 3.23. The summed E-state index contributed by atoms with van der Waals surface area (Å²) in [5.41, 5.74) is 4.28. The van der Waals surface area contributed by atoms with Crippen LogP contribution in [0.3, 0.4) is 0 Å². The molecule has 7 heteroatoms. The molecule has 0 unspecified atom stereocenters. The Morgan fingerprint density at radius 3 is 2.41 bits per heavy atom. The Kier molecular flexibility index (Phi) is 5.98. The highest BCUT2D eigenvalue weighted by atomic mass is 19.1.